The molecule has 0 aliphatic carbocycles. The number of carbonyl (C=O) groups excluding carboxylic acids is 1. The molecule has 1 aromatic carbocycles. The van der Waals surface area contributed by atoms with Crippen LogP contribution >= 0.6 is 22.6 Å². The van der Waals surface area contributed by atoms with Gasteiger partial charge in [0.25, 0.3) is 5.91 Å². The fraction of sp³-hybridized carbons (Fsp3) is 0.389. The molecule has 0 spiro atoms. The predicted octanol–water partition coefficient (Wildman–Crippen LogP) is 0.542. The number of rotatable bonds is 5. The summed E-state index contributed by atoms with van der Waals surface area (Å²) >= 11 is 2.12. The number of fused-ring (bicyclic) bond motifs is 1. The summed E-state index contributed by atoms with van der Waals surface area (Å²) in [7, 11) is 1.80. The van der Waals surface area contributed by atoms with Gasteiger partial charge in [-0.05, 0) is 34.7 Å². The van der Waals surface area contributed by atoms with E-state index in [0.29, 0.717) is 11.6 Å². The second-order valence-electron chi connectivity index (χ2n) is 6.64. The fourth-order valence-corrected chi connectivity index (χ4v) is 4.11. The minimum Gasteiger partial charge on any atom is -0.370 e. The lowest BCUT2D eigenvalue weighted by Gasteiger charge is -2.24. The fourth-order valence-electron chi connectivity index (χ4n) is 3.35. The van der Waals surface area contributed by atoms with E-state index < -0.39 is 0 Å². The van der Waals surface area contributed by atoms with Crippen LogP contribution in [-0.4, -0.2) is 58.1 Å². The number of aromatic nitrogens is 4. The van der Waals surface area contributed by atoms with Gasteiger partial charge in [-0.15, -0.1) is 0 Å². The number of benzene rings is 1. The number of halogens is 1. The number of quaternary nitrogens is 1. The molecule has 2 aromatic heterocycles. The third-order valence-electron chi connectivity index (χ3n) is 4.77. The van der Waals surface area contributed by atoms with Gasteiger partial charge in [-0.3, -0.25) is 14.8 Å². The Morgan fingerprint density at radius 1 is 1.33 bits per heavy atom. The van der Waals surface area contributed by atoms with E-state index >= 15 is 0 Å². The van der Waals surface area contributed by atoms with Crippen molar-refractivity contribution in [2.24, 2.45) is 7.05 Å². The number of hydrogen-bond donors (Lipinski definition) is 2. The van der Waals surface area contributed by atoms with Gasteiger partial charge in [-0.1, -0.05) is 12.1 Å². The van der Waals surface area contributed by atoms with Crippen LogP contribution in [0.2, 0.25) is 0 Å². The van der Waals surface area contributed by atoms with Crippen molar-refractivity contribution < 1.29 is 14.4 Å². The third kappa shape index (κ3) is 3.99. The third-order valence-corrected chi connectivity index (χ3v) is 5.56. The Labute approximate surface area is 170 Å². The highest BCUT2D eigenvalue weighted by molar-refractivity contribution is 14.1. The summed E-state index contributed by atoms with van der Waals surface area (Å²) in [5.41, 5.74) is 2.31. The van der Waals surface area contributed by atoms with Crippen LogP contribution in [0, 0.1) is 3.57 Å². The number of carbonyl (C=O) groups is 1. The molecule has 1 fully saturated rings. The molecule has 0 unspecified atom stereocenters. The molecule has 1 amide bonds. The maximum atomic E-state index is 12.7. The number of imidazole rings is 1. The quantitative estimate of drug-likeness (QED) is 0.522. The van der Waals surface area contributed by atoms with Crippen LogP contribution in [0.15, 0.2) is 30.5 Å². The van der Waals surface area contributed by atoms with Gasteiger partial charge in [-0.25, -0.2) is 4.98 Å². The maximum absolute atomic E-state index is 12.7. The SMILES string of the molecule is Cn1cc(I)c(C(=O)Nc2nc3ccccc3n2CC[NH+]2CCOCC2)n1. The predicted molar refractivity (Wildman–Crippen MR) is 110 cm³/mol. The smallest absolute Gasteiger partial charge is 0.279 e. The molecule has 9 heteroatoms. The van der Waals surface area contributed by atoms with Crippen LogP contribution in [0.3, 0.4) is 0 Å². The average molecular weight is 481 g/mol. The van der Waals surface area contributed by atoms with E-state index in [4.69, 9.17) is 4.74 Å². The van der Waals surface area contributed by atoms with Gasteiger partial charge in [-0.2, -0.15) is 5.10 Å². The summed E-state index contributed by atoms with van der Waals surface area (Å²) in [6, 6.07) is 7.96. The molecule has 27 heavy (non-hydrogen) atoms. The first-order chi connectivity index (χ1) is 13.1. The zero-order valence-electron chi connectivity index (χ0n) is 15.1. The van der Waals surface area contributed by atoms with Crippen molar-refractivity contribution in [1.82, 2.24) is 19.3 Å². The van der Waals surface area contributed by atoms with Crippen LogP contribution in [0.5, 0.6) is 0 Å². The van der Waals surface area contributed by atoms with Gasteiger partial charge >= 0.3 is 0 Å². The van der Waals surface area contributed by atoms with E-state index in [0.717, 1.165) is 54.0 Å². The number of ether oxygens (including phenoxy) is 1. The van der Waals surface area contributed by atoms with Gasteiger partial charge in [0.15, 0.2) is 5.69 Å². The molecule has 3 aromatic rings. The summed E-state index contributed by atoms with van der Waals surface area (Å²) in [4.78, 5) is 18.9. The van der Waals surface area contributed by atoms with Crippen molar-refractivity contribution in [2.75, 3.05) is 38.2 Å². The Morgan fingerprint density at radius 2 is 2.11 bits per heavy atom. The van der Waals surface area contributed by atoms with Crippen molar-refractivity contribution in [1.29, 1.82) is 0 Å². The topological polar surface area (TPSA) is 78.4 Å². The number of aryl methyl sites for hydroxylation is 1. The maximum Gasteiger partial charge on any atom is 0.279 e. The summed E-state index contributed by atoms with van der Waals surface area (Å²) < 4.78 is 9.98. The van der Waals surface area contributed by atoms with Crippen LogP contribution in [0.4, 0.5) is 5.95 Å². The summed E-state index contributed by atoms with van der Waals surface area (Å²) in [6.07, 6.45) is 1.82. The number of anilines is 1. The molecule has 142 valence electrons. The first kappa shape index (κ1) is 18.4. The molecular formula is C18H22IN6O2+. The van der Waals surface area contributed by atoms with E-state index in [-0.39, 0.29) is 5.91 Å². The lowest BCUT2D eigenvalue weighted by atomic mass is 10.3. The van der Waals surface area contributed by atoms with Gasteiger partial charge in [0.2, 0.25) is 5.95 Å². The zero-order valence-corrected chi connectivity index (χ0v) is 17.3. The summed E-state index contributed by atoms with van der Waals surface area (Å²) in [5, 5.41) is 7.21. The molecule has 0 atom stereocenters. The second-order valence-corrected chi connectivity index (χ2v) is 7.80. The van der Waals surface area contributed by atoms with Crippen LogP contribution in [-0.2, 0) is 18.3 Å². The highest BCUT2D eigenvalue weighted by Crippen LogP contribution is 2.20. The van der Waals surface area contributed by atoms with Crippen molar-refractivity contribution in [3.8, 4) is 0 Å². The number of nitrogens with zero attached hydrogens (tertiary/aromatic N) is 4. The van der Waals surface area contributed by atoms with Crippen LogP contribution in [0.25, 0.3) is 11.0 Å². The molecule has 0 bridgehead atoms. The molecular weight excluding hydrogens is 459 g/mol. The Bertz CT molecular complexity index is 960. The Kier molecular flexibility index (Phi) is 5.41. The van der Waals surface area contributed by atoms with Gasteiger partial charge in [0.05, 0.1) is 40.9 Å². The molecule has 0 saturated carbocycles. The number of para-hydroxylation sites is 2. The van der Waals surface area contributed by atoms with E-state index in [1.165, 1.54) is 4.90 Å². The molecule has 3 heterocycles. The highest BCUT2D eigenvalue weighted by atomic mass is 127. The minimum atomic E-state index is -0.240. The minimum absolute atomic E-state index is 0.240. The highest BCUT2D eigenvalue weighted by Gasteiger charge is 2.20. The van der Waals surface area contributed by atoms with Crippen molar-refractivity contribution >= 4 is 45.5 Å². The summed E-state index contributed by atoms with van der Waals surface area (Å²) in [5.74, 6) is 0.325. The van der Waals surface area contributed by atoms with E-state index in [1.807, 2.05) is 30.5 Å². The standard InChI is InChI=1S/C18H21IN6O2/c1-23-12-13(19)16(22-23)17(26)21-18-20-14-4-2-3-5-15(14)25(18)7-6-24-8-10-27-11-9-24/h2-5,12H,6-11H2,1H3,(H,20,21,26)/p+1. The molecule has 8 nitrogen and oxygen atoms in total. The lowest BCUT2D eigenvalue weighted by molar-refractivity contribution is -0.908. The number of morpholine rings is 1. The average Bonchev–Trinajstić information content (AvgIpc) is 3.19. The molecule has 1 aliphatic rings. The van der Waals surface area contributed by atoms with Crippen LogP contribution in [0.1, 0.15) is 10.5 Å². The van der Waals surface area contributed by atoms with E-state index in [2.05, 4.69) is 42.6 Å². The van der Waals surface area contributed by atoms with Crippen molar-refractivity contribution in [2.45, 2.75) is 6.54 Å². The van der Waals surface area contributed by atoms with E-state index in [1.54, 1.807) is 11.7 Å². The summed E-state index contributed by atoms with van der Waals surface area (Å²) in [6.45, 7) is 5.39. The van der Waals surface area contributed by atoms with E-state index in [9.17, 15) is 4.79 Å². The normalized spacial score (nSPS) is 15.3. The zero-order chi connectivity index (χ0) is 18.8. The molecule has 2 N–H and O–H groups in total. The lowest BCUT2D eigenvalue weighted by Crippen LogP contribution is -3.14. The number of nitrogens with one attached hydrogen (secondary N) is 2. The van der Waals surface area contributed by atoms with Crippen molar-refractivity contribution in [3.05, 3.63) is 39.7 Å². The van der Waals surface area contributed by atoms with Gasteiger partial charge in [0, 0.05) is 13.2 Å². The van der Waals surface area contributed by atoms with Gasteiger partial charge < -0.3 is 14.2 Å². The molecule has 0 radical (unpaired) electrons. The molecule has 4 rings (SSSR count). The van der Waals surface area contributed by atoms with Crippen molar-refractivity contribution in [3.63, 3.8) is 0 Å². The largest absolute Gasteiger partial charge is 0.370 e. The monoisotopic (exact) mass is 481 g/mol. The Hall–Kier alpha value is -1.98. The first-order valence-corrected chi connectivity index (χ1v) is 10.1. The van der Waals surface area contributed by atoms with Gasteiger partial charge in [0.1, 0.15) is 13.1 Å². The van der Waals surface area contributed by atoms with Crippen LogP contribution < -0.4 is 10.2 Å². The number of amides is 1. The Morgan fingerprint density at radius 3 is 2.85 bits per heavy atom. The Balaban J connectivity index is 1.59. The first-order valence-electron chi connectivity index (χ1n) is 8.99. The second kappa shape index (κ2) is 7.95. The molecule has 1 aliphatic heterocycles. The number of hydrogen-bond acceptors (Lipinski definition) is 4. The molecule has 1 saturated heterocycles.